The molecule has 6 heteroatoms. The lowest BCUT2D eigenvalue weighted by atomic mass is 10.1. The van der Waals surface area contributed by atoms with E-state index in [1.165, 1.54) is 11.3 Å². The van der Waals surface area contributed by atoms with Crippen molar-refractivity contribution in [3.05, 3.63) is 30.1 Å². The van der Waals surface area contributed by atoms with Crippen molar-refractivity contribution in [3.8, 4) is 16.3 Å². The second-order valence-corrected chi connectivity index (χ2v) is 4.37. The summed E-state index contributed by atoms with van der Waals surface area (Å²) < 4.78 is 1.63. The molecular formula is C10H8N4OS. The lowest BCUT2D eigenvalue weighted by Crippen LogP contribution is -1.85. The molecule has 2 aromatic heterocycles. The van der Waals surface area contributed by atoms with Crippen molar-refractivity contribution in [2.75, 3.05) is 0 Å². The predicted molar refractivity (Wildman–Crippen MR) is 60.5 cm³/mol. The monoisotopic (exact) mass is 232 g/mol. The van der Waals surface area contributed by atoms with Gasteiger partial charge in [-0.1, -0.05) is 23.5 Å². The van der Waals surface area contributed by atoms with E-state index in [9.17, 15) is 5.11 Å². The Bertz CT molecular complexity index is 629. The zero-order valence-corrected chi connectivity index (χ0v) is 9.27. The van der Waals surface area contributed by atoms with E-state index < -0.39 is 0 Å². The maximum absolute atomic E-state index is 9.63. The van der Waals surface area contributed by atoms with Crippen LogP contribution in [0.15, 0.2) is 24.5 Å². The van der Waals surface area contributed by atoms with Crippen LogP contribution in [-0.2, 0) is 0 Å². The minimum absolute atomic E-state index is 0.281. The Labute approximate surface area is 95.0 Å². The van der Waals surface area contributed by atoms with Gasteiger partial charge in [0.2, 0.25) is 4.96 Å². The molecule has 0 saturated carbocycles. The normalized spacial score (nSPS) is 11.1. The number of nitrogens with zero attached hydrogens (tertiary/aromatic N) is 4. The van der Waals surface area contributed by atoms with E-state index in [-0.39, 0.29) is 5.75 Å². The van der Waals surface area contributed by atoms with Gasteiger partial charge >= 0.3 is 0 Å². The van der Waals surface area contributed by atoms with Crippen molar-refractivity contribution in [1.82, 2.24) is 19.8 Å². The van der Waals surface area contributed by atoms with Crippen molar-refractivity contribution in [2.45, 2.75) is 6.92 Å². The third kappa shape index (κ3) is 1.27. The minimum Gasteiger partial charge on any atom is -0.508 e. The molecule has 16 heavy (non-hydrogen) atoms. The van der Waals surface area contributed by atoms with Gasteiger partial charge in [0.25, 0.3) is 0 Å². The molecule has 0 bridgehead atoms. The third-order valence-corrected chi connectivity index (χ3v) is 3.37. The van der Waals surface area contributed by atoms with Crippen LogP contribution in [0.1, 0.15) is 5.56 Å². The molecule has 0 atom stereocenters. The van der Waals surface area contributed by atoms with Crippen molar-refractivity contribution >= 4 is 16.3 Å². The zero-order valence-electron chi connectivity index (χ0n) is 8.45. The molecule has 0 unspecified atom stereocenters. The van der Waals surface area contributed by atoms with Crippen LogP contribution in [0, 0.1) is 6.92 Å². The molecule has 1 aromatic carbocycles. The van der Waals surface area contributed by atoms with Crippen LogP contribution in [0.25, 0.3) is 15.5 Å². The Morgan fingerprint density at radius 3 is 3.06 bits per heavy atom. The van der Waals surface area contributed by atoms with Crippen molar-refractivity contribution in [1.29, 1.82) is 0 Å². The van der Waals surface area contributed by atoms with Crippen LogP contribution in [-0.4, -0.2) is 24.9 Å². The van der Waals surface area contributed by atoms with Crippen LogP contribution in [0.5, 0.6) is 5.75 Å². The topological polar surface area (TPSA) is 63.3 Å². The Morgan fingerprint density at radius 2 is 2.25 bits per heavy atom. The Balaban J connectivity index is 2.23. The van der Waals surface area contributed by atoms with E-state index in [2.05, 4.69) is 15.3 Å². The zero-order chi connectivity index (χ0) is 11.1. The summed E-state index contributed by atoms with van der Waals surface area (Å²) in [7, 11) is 0. The number of aromatic hydroxyl groups is 1. The first-order chi connectivity index (χ1) is 7.75. The van der Waals surface area contributed by atoms with E-state index in [0.717, 1.165) is 21.1 Å². The molecule has 3 aromatic rings. The Hall–Kier alpha value is -1.95. The first-order valence-corrected chi connectivity index (χ1v) is 5.53. The number of benzene rings is 1. The highest BCUT2D eigenvalue weighted by Gasteiger charge is 2.11. The highest BCUT2D eigenvalue weighted by Crippen LogP contribution is 2.31. The van der Waals surface area contributed by atoms with E-state index in [1.54, 1.807) is 23.0 Å². The number of aromatic nitrogens is 4. The van der Waals surface area contributed by atoms with Crippen molar-refractivity contribution < 1.29 is 5.11 Å². The van der Waals surface area contributed by atoms with Gasteiger partial charge < -0.3 is 5.11 Å². The van der Waals surface area contributed by atoms with Gasteiger partial charge in [-0.2, -0.15) is 9.61 Å². The lowest BCUT2D eigenvalue weighted by Gasteiger charge is -2.02. The molecule has 2 heterocycles. The summed E-state index contributed by atoms with van der Waals surface area (Å²) in [6.45, 7) is 1.87. The third-order valence-electron chi connectivity index (χ3n) is 2.42. The number of phenolic OH excluding ortho intramolecular Hbond substituents is 1. The molecule has 1 N–H and O–H groups in total. The first kappa shape index (κ1) is 9.29. The molecular weight excluding hydrogens is 224 g/mol. The van der Waals surface area contributed by atoms with E-state index in [1.807, 2.05) is 13.0 Å². The highest BCUT2D eigenvalue weighted by atomic mass is 32.1. The molecule has 0 aliphatic heterocycles. The van der Waals surface area contributed by atoms with Crippen LogP contribution in [0.4, 0.5) is 0 Å². The fourth-order valence-electron chi connectivity index (χ4n) is 1.52. The predicted octanol–water partition coefficient (Wildman–Crippen LogP) is 1.87. The molecule has 0 aliphatic rings. The van der Waals surface area contributed by atoms with Crippen LogP contribution in [0.2, 0.25) is 0 Å². The fraction of sp³-hybridized carbons (Fsp3) is 0.100. The summed E-state index contributed by atoms with van der Waals surface area (Å²) in [5, 5.41) is 22.5. The Kier molecular flexibility index (Phi) is 1.90. The van der Waals surface area contributed by atoms with Crippen LogP contribution >= 0.6 is 11.3 Å². The number of hydrogen-bond donors (Lipinski definition) is 1. The molecule has 0 fully saturated rings. The van der Waals surface area contributed by atoms with E-state index in [0.29, 0.717) is 0 Å². The molecule has 80 valence electrons. The average Bonchev–Trinajstić information content (AvgIpc) is 2.81. The maximum atomic E-state index is 9.63. The van der Waals surface area contributed by atoms with E-state index in [4.69, 9.17) is 0 Å². The lowest BCUT2D eigenvalue weighted by molar-refractivity contribution is 0.471. The molecule has 0 saturated heterocycles. The number of hydrogen-bond acceptors (Lipinski definition) is 5. The summed E-state index contributed by atoms with van der Waals surface area (Å²) in [5.41, 5.74) is 1.75. The molecule has 0 aliphatic carbocycles. The first-order valence-electron chi connectivity index (χ1n) is 4.71. The number of rotatable bonds is 1. The standard InChI is InChI=1S/C10H8N4OS/c1-6-7(3-2-4-8(6)15)9-13-14-5-11-12-10(14)16-9/h2-5,15H,1H3. The van der Waals surface area contributed by atoms with Gasteiger partial charge in [0, 0.05) is 11.1 Å². The average molecular weight is 232 g/mol. The number of phenols is 1. The van der Waals surface area contributed by atoms with Gasteiger partial charge in [0.15, 0.2) is 0 Å². The number of fused-ring (bicyclic) bond motifs is 1. The van der Waals surface area contributed by atoms with Crippen molar-refractivity contribution in [2.24, 2.45) is 0 Å². The molecule has 0 spiro atoms. The second-order valence-electron chi connectivity index (χ2n) is 3.41. The maximum Gasteiger partial charge on any atom is 0.234 e. The molecule has 0 radical (unpaired) electrons. The fourth-order valence-corrected chi connectivity index (χ4v) is 2.43. The van der Waals surface area contributed by atoms with Crippen molar-refractivity contribution in [3.63, 3.8) is 0 Å². The second kappa shape index (κ2) is 3.28. The molecule has 3 rings (SSSR count). The summed E-state index contributed by atoms with van der Waals surface area (Å²) in [4.78, 5) is 0.748. The summed E-state index contributed by atoms with van der Waals surface area (Å²) >= 11 is 1.45. The summed E-state index contributed by atoms with van der Waals surface area (Å²) in [6.07, 6.45) is 1.56. The smallest absolute Gasteiger partial charge is 0.234 e. The van der Waals surface area contributed by atoms with Gasteiger partial charge in [0.1, 0.15) is 17.1 Å². The molecule has 0 amide bonds. The SMILES string of the molecule is Cc1c(O)cccc1-c1nn2cnnc2s1. The van der Waals surface area contributed by atoms with Gasteiger partial charge in [-0.25, -0.2) is 0 Å². The van der Waals surface area contributed by atoms with Crippen LogP contribution in [0.3, 0.4) is 0 Å². The largest absolute Gasteiger partial charge is 0.508 e. The van der Waals surface area contributed by atoms with Crippen LogP contribution < -0.4 is 0 Å². The highest BCUT2D eigenvalue weighted by molar-refractivity contribution is 7.19. The summed E-state index contributed by atoms with van der Waals surface area (Å²) in [5.74, 6) is 0.281. The van der Waals surface area contributed by atoms with Gasteiger partial charge in [-0.05, 0) is 13.0 Å². The minimum atomic E-state index is 0.281. The quantitative estimate of drug-likeness (QED) is 0.695. The van der Waals surface area contributed by atoms with Gasteiger partial charge in [-0.3, -0.25) is 0 Å². The summed E-state index contributed by atoms with van der Waals surface area (Å²) in [6, 6.07) is 5.40. The Morgan fingerprint density at radius 1 is 1.38 bits per heavy atom. The molecule has 5 nitrogen and oxygen atoms in total. The van der Waals surface area contributed by atoms with Gasteiger partial charge in [-0.15, -0.1) is 10.2 Å². The van der Waals surface area contributed by atoms with Gasteiger partial charge in [0.05, 0.1) is 0 Å². The van der Waals surface area contributed by atoms with E-state index >= 15 is 0 Å².